The van der Waals surface area contributed by atoms with Gasteiger partial charge in [0.05, 0.1) is 11.0 Å². The maximum absolute atomic E-state index is 12.9. The Morgan fingerprint density at radius 3 is 2.43 bits per heavy atom. The highest BCUT2D eigenvalue weighted by Crippen LogP contribution is 2.36. The van der Waals surface area contributed by atoms with E-state index >= 15 is 0 Å². The highest BCUT2D eigenvalue weighted by molar-refractivity contribution is 8.01. The zero-order valence-electron chi connectivity index (χ0n) is 19.5. The lowest BCUT2D eigenvalue weighted by Gasteiger charge is -2.47. The van der Waals surface area contributed by atoms with Crippen LogP contribution < -0.4 is 10.1 Å². The SMILES string of the molecule is CC1=C(C(=O)OCOC(=O)C(C)(C)C)N2C(=O)C(NC(=O)COc3ccccc3)[C@H]2S(=O)C1=[N+]=[N-]. The number of carbonyl (C=O) groups excluding carboxylic acids is 4. The van der Waals surface area contributed by atoms with Crippen molar-refractivity contribution >= 4 is 39.6 Å². The molecule has 0 radical (unpaired) electrons. The first-order valence-electron chi connectivity index (χ1n) is 10.5. The number of carbonyl (C=O) groups is 4. The van der Waals surface area contributed by atoms with Crippen LogP contribution in [0.1, 0.15) is 27.7 Å². The number of nitrogens with zero attached hydrogens (tertiary/aromatic N) is 3. The molecule has 2 aliphatic rings. The molecule has 1 fully saturated rings. The van der Waals surface area contributed by atoms with Crippen LogP contribution >= 0.6 is 0 Å². The number of hydrogen-bond donors (Lipinski definition) is 1. The van der Waals surface area contributed by atoms with Gasteiger partial charge in [0.15, 0.2) is 22.8 Å². The van der Waals surface area contributed by atoms with Gasteiger partial charge in [-0.1, -0.05) is 18.2 Å². The Morgan fingerprint density at radius 2 is 1.83 bits per heavy atom. The molecule has 3 rings (SSSR count). The van der Waals surface area contributed by atoms with Crippen LogP contribution in [0.15, 0.2) is 41.6 Å². The van der Waals surface area contributed by atoms with Gasteiger partial charge >= 0.3 is 17.0 Å². The first-order chi connectivity index (χ1) is 16.5. The van der Waals surface area contributed by atoms with E-state index in [0.29, 0.717) is 5.75 Å². The third-order valence-corrected chi connectivity index (χ3v) is 6.77. The quantitative estimate of drug-likeness (QED) is 0.184. The average Bonchev–Trinajstić information content (AvgIpc) is 2.81. The van der Waals surface area contributed by atoms with Crippen molar-refractivity contribution in [2.24, 2.45) is 5.41 Å². The summed E-state index contributed by atoms with van der Waals surface area (Å²) in [6, 6.07) is 7.26. The van der Waals surface area contributed by atoms with Crippen LogP contribution in [0, 0.1) is 5.41 Å². The molecule has 35 heavy (non-hydrogen) atoms. The summed E-state index contributed by atoms with van der Waals surface area (Å²) in [6.45, 7) is 5.06. The molecule has 2 aliphatic heterocycles. The molecule has 0 bridgehead atoms. The molecule has 186 valence electrons. The number of hydrogen-bond acceptors (Lipinski definition) is 8. The fourth-order valence-electron chi connectivity index (χ4n) is 3.27. The number of benzene rings is 1. The number of amides is 2. The van der Waals surface area contributed by atoms with Crippen molar-refractivity contribution in [2.45, 2.75) is 39.1 Å². The number of β-lactam (4-membered cyclic amide) rings is 1. The zero-order valence-corrected chi connectivity index (χ0v) is 20.3. The Balaban J connectivity index is 1.71. The summed E-state index contributed by atoms with van der Waals surface area (Å²) in [7, 11) is -2.07. The summed E-state index contributed by atoms with van der Waals surface area (Å²) in [5, 5.41) is 0.870. The molecule has 2 heterocycles. The van der Waals surface area contributed by atoms with Crippen LogP contribution in [0.5, 0.6) is 5.75 Å². The van der Waals surface area contributed by atoms with Crippen LogP contribution in [-0.4, -0.2) is 67.5 Å². The summed E-state index contributed by atoms with van der Waals surface area (Å²) in [5.41, 5.74) is 8.16. The molecule has 0 saturated carbocycles. The maximum Gasteiger partial charge on any atom is 0.386 e. The lowest BCUT2D eigenvalue weighted by molar-refractivity contribution is -0.173. The van der Waals surface area contributed by atoms with Crippen LogP contribution in [0.4, 0.5) is 0 Å². The van der Waals surface area contributed by atoms with Crippen molar-refractivity contribution in [2.75, 3.05) is 13.4 Å². The third kappa shape index (κ3) is 5.31. The molecule has 0 aromatic heterocycles. The minimum Gasteiger partial charge on any atom is -0.484 e. The van der Waals surface area contributed by atoms with E-state index < -0.39 is 64.8 Å². The second-order valence-electron chi connectivity index (χ2n) is 8.65. The van der Waals surface area contributed by atoms with Gasteiger partial charge in [0, 0.05) is 0 Å². The smallest absolute Gasteiger partial charge is 0.386 e. The average molecular weight is 505 g/mol. The Morgan fingerprint density at radius 1 is 1.17 bits per heavy atom. The van der Waals surface area contributed by atoms with Gasteiger partial charge in [-0.2, -0.15) is 4.79 Å². The number of nitrogens with one attached hydrogen (secondary N) is 1. The summed E-state index contributed by atoms with van der Waals surface area (Å²) in [6.07, 6.45) is 0. The van der Waals surface area contributed by atoms with Gasteiger partial charge in [-0.15, -0.1) is 0 Å². The fraction of sp³-hybridized carbons (Fsp3) is 0.409. The van der Waals surface area contributed by atoms with Gasteiger partial charge < -0.3 is 25.1 Å². The van der Waals surface area contributed by atoms with E-state index in [1.165, 1.54) is 6.92 Å². The standard InChI is InChI=1S/C22H24N4O8S/c1-12-16(20(29)33-11-34-21(30)22(2,3)4)26-18(28)15(19(26)35(31)17(12)25-23)24-14(27)10-32-13-8-6-5-7-9-13/h5-9,15,19H,10-11H2,1-4H3,(H,24,27)/t15?,19-,35?/m1/s1. The number of rotatable bonds is 7. The minimum atomic E-state index is -2.07. The molecule has 0 aliphatic carbocycles. The van der Waals surface area contributed by atoms with E-state index in [0.717, 1.165) is 4.90 Å². The van der Waals surface area contributed by atoms with Crippen LogP contribution in [-0.2, 0) is 39.5 Å². The predicted octanol–water partition coefficient (Wildman–Crippen LogP) is 0.473. The van der Waals surface area contributed by atoms with E-state index in [1.807, 2.05) is 0 Å². The Bertz CT molecular complexity index is 1170. The summed E-state index contributed by atoms with van der Waals surface area (Å²) < 4.78 is 28.1. The molecular formula is C22H24N4O8S. The molecular weight excluding hydrogens is 480 g/mol. The van der Waals surface area contributed by atoms with Crippen molar-refractivity contribution in [3.05, 3.63) is 47.1 Å². The minimum absolute atomic E-state index is 0.0558. The highest BCUT2D eigenvalue weighted by Gasteiger charge is 2.61. The Labute approximate surface area is 203 Å². The Hall–Kier alpha value is -3.83. The van der Waals surface area contributed by atoms with Crippen LogP contribution in [0.2, 0.25) is 0 Å². The van der Waals surface area contributed by atoms with E-state index in [2.05, 4.69) is 10.1 Å². The molecule has 13 heteroatoms. The van der Waals surface area contributed by atoms with Crippen molar-refractivity contribution in [3.8, 4) is 5.75 Å². The van der Waals surface area contributed by atoms with Gasteiger partial charge in [0.2, 0.25) is 6.79 Å². The van der Waals surface area contributed by atoms with Crippen molar-refractivity contribution in [1.29, 1.82) is 0 Å². The van der Waals surface area contributed by atoms with Crippen molar-refractivity contribution < 1.29 is 42.4 Å². The monoisotopic (exact) mass is 504 g/mol. The summed E-state index contributed by atoms with van der Waals surface area (Å²) in [5.74, 6) is -2.60. The largest absolute Gasteiger partial charge is 0.484 e. The lowest BCUT2D eigenvalue weighted by atomic mass is 9.98. The molecule has 0 spiro atoms. The zero-order chi connectivity index (χ0) is 25.9. The Kier molecular flexibility index (Phi) is 7.51. The maximum atomic E-state index is 12.9. The van der Waals surface area contributed by atoms with Crippen molar-refractivity contribution in [3.63, 3.8) is 0 Å². The van der Waals surface area contributed by atoms with Gasteiger partial charge in [0.25, 0.3) is 11.8 Å². The van der Waals surface area contributed by atoms with Gasteiger partial charge in [0.1, 0.15) is 17.5 Å². The van der Waals surface area contributed by atoms with Gasteiger partial charge in [-0.05, 0) is 39.8 Å². The molecule has 2 amide bonds. The van der Waals surface area contributed by atoms with E-state index in [9.17, 15) is 28.9 Å². The second-order valence-corrected chi connectivity index (χ2v) is 10.1. The topological polar surface area (TPSA) is 165 Å². The van der Waals surface area contributed by atoms with E-state index in [-0.39, 0.29) is 16.3 Å². The van der Waals surface area contributed by atoms with Crippen LogP contribution in [0.25, 0.3) is 5.53 Å². The molecule has 3 atom stereocenters. The van der Waals surface area contributed by atoms with E-state index in [4.69, 9.17) is 14.2 Å². The van der Waals surface area contributed by atoms with Crippen molar-refractivity contribution in [1.82, 2.24) is 10.2 Å². The molecule has 1 aromatic rings. The van der Waals surface area contributed by atoms with Gasteiger partial charge in [-0.25, -0.2) is 9.00 Å². The number of para-hydroxylation sites is 1. The summed E-state index contributed by atoms with van der Waals surface area (Å²) >= 11 is 0. The molecule has 1 aromatic carbocycles. The number of esters is 2. The fourth-order valence-corrected chi connectivity index (χ4v) is 4.81. The number of fused-ring (bicyclic) bond motifs is 1. The first kappa shape index (κ1) is 25.8. The van der Waals surface area contributed by atoms with Gasteiger partial charge in [-0.3, -0.25) is 19.3 Å². The molecule has 1 saturated heterocycles. The molecule has 2 unspecified atom stereocenters. The molecule has 1 N–H and O–H groups in total. The summed E-state index contributed by atoms with van der Waals surface area (Å²) in [4.78, 5) is 53.7. The van der Waals surface area contributed by atoms with E-state index in [1.54, 1.807) is 51.1 Å². The highest BCUT2D eigenvalue weighted by atomic mass is 32.2. The normalized spacial score (nSPS) is 21.4. The molecule has 12 nitrogen and oxygen atoms in total. The predicted molar refractivity (Wildman–Crippen MR) is 120 cm³/mol. The third-order valence-electron chi connectivity index (χ3n) is 5.08. The lowest BCUT2D eigenvalue weighted by Crippen LogP contribution is -2.74. The number of ether oxygens (including phenoxy) is 3. The van der Waals surface area contributed by atoms with Crippen LogP contribution in [0.3, 0.4) is 0 Å². The second kappa shape index (κ2) is 10.2. The first-order valence-corrected chi connectivity index (χ1v) is 11.7.